The van der Waals surface area contributed by atoms with Gasteiger partial charge in [0.15, 0.2) is 0 Å². The average molecular weight is 289 g/mol. The molecular formula is C12H14ClFN2OS. The van der Waals surface area contributed by atoms with Crippen molar-refractivity contribution < 1.29 is 9.18 Å². The van der Waals surface area contributed by atoms with Crippen LogP contribution in [-0.4, -0.2) is 30.5 Å². The molecule has 1 aromatic carbocycles. The van der Waals surface area contributed by atoms with Crippen molar-refractivity contribution in [3.63, 3.8) is 0 Å². The maximum absolute atomic E-state index is 12.9. The second kappa shape index (κ2) is 6.41. The normalized spacial score (nSPS) is 15.2. The first-order valence-corrected chi connectivity index (χ1v) is 7.22. The van der Waals surface area contributed by atoms with Gasteiger partial charge in [0.05, 0.1) is 10.8 Å². The quantitative estimate of drug-likeness (QED) is 0.874. The van der Waals surface area contributed by atoms with Crippen LogP contribution in [-0.2, 0) is 4.79 Å². The van der Waals surface area contributed by atoms with E-state index < -0.39 is 5.82 Å². The van der Waals surface area contributed by atoms with Crippen LogP contribution in [0.25, 0.3) is 0 Å². The van der Waals surface area contributed by atoms with Crippen molar-refractivity contribution >= 4 is 35.0 Å². The molecule has 1 saturated heterocycles. The summed E-state index contributed by atoms with van der Waals surface area (Å²) in [5, 5.41) is 5.89. The number of carbonyl (C=O) groups excluding carboxylic acids is 1. The van der Waals surface area contributed by atoms with E-state index in [2.05, 4.69) is 10.6 Å². The van der Waals surface area contributed by atoms with Crippen molar-refractivity contribution in [1.82, 2.24) is 5.32 Å². The molecule has 0 atom stereocenters. The van der Waals surface area contributed by atoms with Crippen molar-refractivity contribution in [1.29, 1.82) is 0 Å². The number of amides is 1. The van der Waals surface area contributed by atoms with Crippen molar-refractivity contribution in [2.45, 2.75) is 0 Å². The van der Waals surface area contributed by atoms with E-state index in [-0.39, 0.29) is 10.9 Å². The maximum atomic E-state index is 12.9. The van der Waals surface area contributed by atoms with E-state index in [0.29, 0.717) is 17.4 Å². The highest BCUT2D eigenvalue weighted by molar-refractivity contribution is 7.99. The van der Waals surface area contributed by atoms with Crippen molar-refractivity contribution in [2.75, 3.05) is 29.9 Å². The molecule has 1 fully saturated rings. The standard InChI is InChI=1S/C12H14ClFN2OS/c13-10-3-9(1-2-11(10)14)16-12(17)7-18-6-8-4-15-5-8/h1-3,8,15H,4-7H2,(H,16,17). The molecule has 3 nitrogen and oxygen atoms in total. The molecule has 0 aromatic heterocycles. The Morgan fingerprint density at radius 2 is 2.33 bits per heavy atom. The van der Waals surface area contributed by atoms with E-state index in [1.165, 1.54) is 18.2 Å². The summed E-state index contributed by atoms with van der Waals surface area (Å²) in [6, 6.07) is 4.15. The van der Waals surface area contributed by atoms with Crippen LogP contribution >= 0.6 is 23.4 Å². The SMILES string of the molecule is O=C(CSCC1CNC1)Nc1ccc(F)c(Cl)c1. The minimum atomic E-state index is -0.485. The third-order valence-corrected chi connectivity index (χ3v) is 4.12. The Morgan fingerprint density at radius 1 is 1.56 bits per heavy atom. The van der Waals surface area contributed by atoms with Gasteiger partial charge in [0.2, 0.25) is 5.91 Å². The molecule has 0 radical (unpaired) electrons. The highest BCUT2D eigenvalue weighted by Crippen LogP contribution is 2.19. The molecule has 98 valence electrons. The number of hydrogen-bond donors (Lipinski definition) is 2. The topological polar surface area (TPSA) is 41.1 Å². The molecule has 1 heterocycles. The van der Waals surface area contributed by atoms with Gasteiger partial charge in [0.25, 0.3) is 0 Å². The summed E-state index contributed by atoms with van der Waals surface area (Å²) in [6.07, 6.45) is 0. The van der Waals surface area contributed by atoms with Gasteiger partial charge in [-0.15, -0.1) is 0 Å². The Labute approximate surface area is 114 Å². The van der Waals surface area contributed by atoms with Crippen molar-refractivity contribution in [3.05, 3.63) is 29.0 Å². The number of hydrogen-bond acceptors (Lipinski definition) is 3. The van der Waals surface area contributed by atoms with Gasteiger partial charge in [-0.2, -0.15) is 11.8 Å². The average Bonchev–Trinajstić information content (AvgIpc) is 2.27. The number of carbonyl (C=O) groups is 1. The molecule has 18 heavy (non-hydrogen) atoms. The van der Waals surface area contributed by atoms with E-state index in [4.69, 9.17) is 11.6 Å². The minimum absolute atomic E-state index is 0.0148. The number of anilines is 1. The van der Waals surface area contributed by atoms with Gasteiger partial charge in [-0.1, -0.05) is 11.6 Å². The summed E-state index contributed by atoms with van der Waals surface area (Å²) in [5.74, 6) is 1.51. The Hall–Kier alpha value is -0.780. The molecule has 0 aliphatic carbocycles. The fourth-order valence-corrected chi connectivity index (χ4v) is 2.68. The van der Waals surface area contributed by atoms with Crippen LogP contribution in [0.3, 0.4) is 0 Å². The van der Waals surface area contributed by atoms with Gasteiger partial charge in [-0.25, -0.2) is 4.39 Å². The number of nitrogens with one attached hydrogen (secondary N) is 2. The molecular weight excluding hydrogens is 275 g/mol. The molecule has 1 amide bonds. The monoisotopic (exact) mass is 288 g/mol. The van der Waals surface area contributed by atoms with Crippen LogP contribution in [0.1, 0.15) is 0 Å². The number of rotatable bonds is 5. The zero-order chi connectivity index (χ0) is 13.0. The van der Waals surface area contributed by atoms with Gasteiger partial charge in [-0.05, 0) is 43.0 Å². The summed E-state index contributed by atoms with van der Waals surface area (Å²) in [6.45, 7) is 2.09. The number of thioether (sulfide) groups is 1. The Morgan fingerprint density at radius 3 is 2.94 bits per heavy atom. The molecule has 0 spiro atoms. The fraction of sp³-hybridized carbons (Fsp3) is 0.417. The first-order chi connectivity index (χ1) is 8.65. The van der Waals surface area contributed by atoms with Crippen LogP contribution in [0.2, 0.25) is 5.02 Å². The predicted octanol–water partition coefficient (Wildman–Crippen LogP) is 2.37. The van der Waals surface area contributed by atoms with Crippen LogP contribution in [0.5, 0.6) is 0 Å². The van der Waals surface area contributed by atoms with Gasteiger partial charge < -0.3 is 10.6 Å². The Kier molecular flexibility index (Phi) is 4.86. The van der Waals surface area contributed by atoms with E-state index in [1.54, 1.807) is 11.8 Å². The van der Waals surface area contributed by atoms with E-state index in [9.17, 15) is 9.18 Å². The Bertz CT molecular complexity index is 440. The molecule has 1 aliphatic heterocycles. The number of benzene rings is 1. The van der Waals surface area contributed by atoms with Gasteiger partial charge >= 0.3 is 0 Å². The molecule has 1 aliphatic rings. The lowest BCUT2D eigenvalue weighted by atomic mass is 10.1. The highest BCUT2D eigenvalue weighted by atomic mass is 35.5. The number of halogens is 2. The van der Waals surface area contributed by atoms with Crippen LogP contribution < -0.4 is 10.6 Å². The van der Waals surface area contributed by atoms with E-state index in [1.807, 2.05) is 0 Å². The second-order valence-electron chi connectivity index (χ2n) is 4.22. The lowest BCUT2D eigenvalue weighted by molar-refractivity contribution is -0.113. The van der Waals surface area contributed by atoms with Gasteiger partial charge in [0, 0.05) is 5.69 Å². The largest absolute Gasteiger partial charge is 0.325 e. The van der Waals surface area contributed by atoms with Gasteiger partial charge in [0.1, 0.15) is 5.82 Å². The summed E-state index contributed by atoms with van der Waals surface area (Å²) in [5.41, 5.74) is 0.525. The third kappa shape index (κ3) is 3.86. The molecule has 6 heteroatoms. The maximum Gasteiger partial charge on any atom is 0.234 e. The van der Waals surface area contributed by atoms with E-state index >= 15 is 0 Å². The minimum Gasteiger partial charge on any atom is -0.325 e. The zero-order valence-corrected chi connectivity index (χ0v) is 11.3. The summed E-state index contributed by atoms with van der Waals surface area (Å²) < 4.78 is 12.9. The van der Waals surface area contributed by atoms with Gasteiger partial charge in [-0.3, -0.25) is 4.79 Å². The molecule has 2 N–H and O–H groups in total. The van der Waals surface area contributed by atoms with Crippen molar-refractivity contribution in [2.24, 2.45) is 5.92 Å². The molecule has 0 saturated carbocycles. The lowest BCUT2D eigenvalue weighted by Crippen LogP contribution is -2.43. The fourth-order valence-electron chi connectivity index (χ4n) is 1.56. The Balaban J connectivity index is 1.73. The molecule has 1 aromatic rings. The first-order valence-electron chi connectivity index (χ1n) is 5.68. The van der Waals surface area contributed by atoms with Crippen LogP contribution in [0.15, 0.2) is 18.2 Å². The molecule has 2 rings (SSSR count). The zero-order valence-electron chi connectivity index (χ0n) is 9.71. The predicted molar refractivity (Wildman–Crippen MR) is 73.7 cm³/mol. The first kappa shape index (κ1) is 13.6. The second-order valence-corrected chi connectivity index (χ2v) is 5.65. The summed E-state index contributed by atoms with van der Waals surface area (Å²) in [7, 11) is 0. The smallest absolute Gasteiger partial charge is 0.234 e. The molecule has 0 unspecified atom stereocenters. The van der Waals surface area contributed by atoms with Crippen LogP contribution in [0.4, 0.5) is 10.1 Å². The van der Waals surface area contributed by atoms with Crippen molar-refractivity contribution in [3.8, 4) is 0 Å². The van der Waals surface area contributed by atoms with E-state index in [0.717, 1.165) is 18.8 Å². The molecule has 0 bridgehead atoms. The van der Waals surface area contributed by atoms with Crippen LogP contribution in [0, 0.1) is 11.7 Å². The highest BCUT2D eigenvalue weighted by Gasteiger charge is 2.16. The summed E-state index contributed by atoms with van der Waals surface area (Å²) >= 11 is 7.24. The summed E-state index contributed by atoms with van der Waals surface area (Å²) in [4.78, 5) is 11.6. The third-order valence-electron chi connectivity index (χ3n) is 2.66. The lowest BCUT2D eigenvalue weighted by Gasteiger charge is -2.26.